The minimum absolute atomic E-state index is 0.0472. The number of aliphatic carboxylic acids is 1. The van der Waals surface area contributed by atoms with E-state index in [1.165, 1.54) is 13.8 Å². The van der Waals surface area contributed by atoms with Crippen LogP contribution in [-0.4, -0.2) is 69.2 Å². The highest BCUT2D eigenvalue weighted by Crippen LogP contribution is 2.19. The topological polar surface area (TPSA) is 187 Å². The van der Waals surface area contributed by atoms with E-state index in [0.29, 0.717) is 5.56 Å². The molecule has 5 unspecified atom stereocenters. The summed E-state index contributed by atoms with van der Waals surface area (Å²) in [5, 5.41) is 27.7. The SMILES string of the molecule is CC(N)C(=O)NC(Cc1c[nH]c2ccccc12)C(=O)NC(Cc1ccccc1)C(=O)NC(C(=O)O)C(C)O. The van der Waals surface area contributed by atoms with E-state index >= 15 is 0 Å². The zero-order valence-corrected chi connectivity index (χ0v) is 21.2. The van der Waals surface area contributed by atoms with Gasteiger partial charge in [-0.3, -0.25) is 14.4 Å². The fourth-order valence-electron chi connectivity index (χ4n) is 4.01. The molecule has 0 aliphatic heterocycles. The standard InChI is InChI=1S/C27H33N5O6/c1-15(28)24(34)30-22(13-18-14-29-20-11-7-6-10-19(18)20)25(35)31-21(12-17-8-4-3-5-9-17)26(36)32-23(16(2)33)27(37)38/h3-11,14-16,21-23,29,33H,12-13,28H2,1-2H3,(H,30,34)(H,31,35)(H,32,36)(H,37,38). The number of para-hydroxylation sites is 1. The molecule has 0 fully saturated rings. The number of aromatic amines is 1. The van der Waals surface area contributed by atoms with Gasteiger partial charge in [0.1, 0.15) is 12.1 Å². The number of nitrogens with one attached hydrogen (secondary N) is 4. The average molecular weight is 524 g/mol. The number of H-pyrrole nitrogens is 1. The maximum atomic E-state index is 13.5. The van der Waals surface area contributed by atoms with E-state index in [9.17, 15) is 29.4 Å². The van der Waals surface area contributed by atoms with Gasteiger partial charge in [-0.1, -0.05) is 48.5 Å². The molecule has 1 heterocycles. The highest BCUT2D eigenvalue weighted by Gasteiger charge is 2.32. The number of carboxylic acid groups (broad SMARTS) is 1. The van der Waals surface area contributed by atoms with Crippen molar-refractivity contribution in [2.75, 3.05) is 0 Å². The molecule has 3 aromatic rings. The first kappa shape index (κ1) is 28.4. The molecule has 0 aliphatic rings. The number of fused-ring (bicyclic) bond motifs is 1. The van der Waals surface area contributed by atoms with Crippen LogP contribution in [0.5, 0.6) is 0 Å². The highest BCUT2D eigenvalue weighted by molar-refractivity contribution is 5.95. The molecule has 0 saturated heterocycles. The molecule has 0 spiro atoms. The largest absolute Gasteiger partial charge is 0.480 e. The van der Waals surface area contributed by atoms with Gasteiger partial charge in [-0.2, -0.15) is 0 Å². The molecule has 202 valence electrons. The van der Waals surface area contributed by atoms with E-state index in [4.69, 9.17) is 5.73 Å². The van der Waals surface area contributed by atoms with Crippen LogP contribution in [0.4, 0.5) is 0 Å². The van der Waals surface area contributed by atoms with Gasteiger partial charge >= 0.3 is 5.97 Å². The molecule has 11 nitrogen and oxygen atoms in total. The van der Waals surface area contributed by atoms with Crippen LogP contribution in [0.1, 0.15) is 25.0 Å². The van der Waals surface area contributed by atoms with Gasteiger partial charge in [-0.25, -0.2) is 4.79 Å². The van der Waals surface area contributed by atoms with Crippen molar-refractivity contribution in [3.05, 3.63) is 71.9 Å². The zero-order valence-electron chi connectivity index (χ0n) is 21.2. The van der Waals surface area contributed by atoms with Gasteiger partial charge in [-0.05, 0) is 31.0 Å². The molecule has 3 rings (SSSR count). The summed E-state index contributed by atoms with van der Waals surface area (Å²) in [6, 6.07) is 11.6. The molecule has 3 amide bonds. The van der Waals surface area contributed by atoms with Crippen LogP contribution in [-0.2, 0) is 32.0 Å². The second-order valence-electron chi connectivity index (χ2n) is 9.23. The molecule has 38 heavy (non-hydrogen) atoms. The van der Waals surface area contributed by atoms with Crippen LogP contribution in [0, 0.1) is 0 Å². The number of hydrogen-bond donors (Lipinski definition) is 7. The third-order valence-electron chi connectivity index (χ3n) is 6.11. The summed E-state index contributed by atoms with van der Waals surface area (Å²) >= 11 is 0. The van der Waals surface area contributed by atoms with Gasteiger partial charge in [0, 0.05) is 29.9 Å². The lowest BCUT2D eigenvalue weighted by molar-refractivity contribution is -0.145. The smallest absolute Gasteiger partial charge is 0.328 e. The van der Waals surface area contributed by atoms with Crippen LogP contribution in [0.15, 0.2) is 60.8 Å². The molecule has 0 radical (unpaired) electrons. The van der Waals surface area contributed by atoms with Gasteiger partial charge in [0.2, 0.25) is 17.7 Å². The van der Waals surface area contributed by atoms with Crippen molar-refractivity contribution in [1.29, 1.82) is 0 Å². The Morgan fingerprint density at radius 2 is 1.42 bits per heavy atom. The number of hydrogen-bond acceptors (Lipinski definition) is 6. The normalized spacial score (nSPS) is 15.1. The Labute approximate surface area is 219 Å². The molecule has 8 N–H and O–H groups in total. The van der Waals surface area contributed by atoms with Gasteiger partial charge in [0.05, 0.1) is 12.1 Å². The Bertz CT molecular complexity index is 1270. The van der Waals surface area contributed by atoms with E-state index in [0.717, 1.165) is 16.5 Å². The Kier molecular flexibility index (Phi) is 9.58. The van der Waals surface area contributed by atoms with E-state index in [2.05, 4.69) is 20.9 Å². The lowest BCUT2D eigenvalue weighted by atomic mass is 10.0. The van der Waals surface area contributed by atoms with Crippen LogP contribution in [0.3, 0.4) is 0 Å². The summed E-state index contributed by atoms with van der Waals surface area (Å²) in [5.74, 6) is -3.40. The molecule has 1 aromatic heterocycles. The van der Waals surface area contributed by atoms with Gasteiger partial charge in [0.15, 0.2) is 6.04 Å². The Hall–Kier alpha value is -4.22. The third-order valence-corrected chi connectivity index (χ3v) is 6.11. The number of amides is 3. The number of nitrogens with two attached hydrogens (primary N) is 1. The van der Waals surface area contributed by atoms with Crippen molar-refractivity contribution in [2.24, 2.45) is 5.73 Å². The number of aromatic nitrogens is 1. The second kappa shape index (κ2) is 12.8. The summed E-state index contributed by atoms with van der Waals surface area (Å²) in [6.07, 6.45) is 0.534. The maximum Gasteiger partial charge on any atom is 0.328 e. The molecular weight excluding hydrogens is 490 g/mol. The monoisotopic (exact) mass is 523 g/mol. The summed E-state index contributed by atoms with van der Waals surface area (Å²) in [7, 11) is 0. The predicted octanol–water partition coefficient (Wildman–Crippen LogP) is 0.220. The molecule has 0 aliphatic carbocycles. The zero-order chi connectivity index (χ0) is 27.8. The number of aliphatic hydroxyl groups excluding tert-OH is 1. The predicted molar refractivity (Wildman–Crippen MR) is 141 cm³/mol. The van der Waals surface area contributed by atoms with Crippen molar-refractivity contribution in [2.45, 2.75) is 57.0 Å². The Morgan fingerprint density at radius 3 is 2.05 bits per heavy atom. The summed E-state index contributed by atoms with van der Waals surface area (Å²) < 4.78 is 0. The molecule has 5 atom stereocenters. The van der Waals surface area contributed by atoms with E-state index in [1.807, 2.05) is 24.3 Å². The first-order chi connectivity index (χ1) is 18.1. The minimum atomic E-state index is -1.57. The quantitative estimate of drug-likeness (QED) is 0.177. The summed E-state index contributed by atoms with van der Waals surface area (Å²) in [6.45, 7) is 2.73. The first-order valence-electron chi connectivity index (χ1n) is 12.2. The maximum absolute atomic E-state index is 13.5. The van der Waals surface area contributed by atoms with Crippen LogP contribution >= 0.6 is 0 Å². The fraction of sp³-hybridized carbons (Fsp3) is 0.333. The van der Waals surface area contributed by atoms with Crippen molar-refractivity contribution >= 4 is 34.6 Å². The van der Waals surface area contributed by atoms with Crippen molar-refractivity contribution < 1.29 is 29.4 Å². The molecular formula is C27H33N5O6. The molecule has 0 bridgehead atoms. The lowest BCUT2D eigenvalue weighted by Gasteiger charge is -2.25. The Morgan fingerprint density at radius 1 is 0.842 bits per heavy atom. The fourth-order valence-corrected chi connectivity index (χ4v) is 4.01. The number of rotatable bonds is 12. The van der Waals surface area contributed by atoms with E-state index < -0.39 is 54.0 Å². The number of benzene rings is 2. The lowest BCUT2D eigenvalue weighted by Crippen LogP contribution is -2.59. The molecule has 0 saturated carbocycles. The Balaban J connectivity index is 1.88. The summed E-state index contributed by atoms with van der Waals surface area (Å²) in [5.41, 5.74) is 8.06. The van der Waals surface area contributed by atoms with Crippen molar-refractivity contribution in [3.63, 3.8) is 0 Å². The van der Waals surface area contributed by atoms with Crippen LogP contribution in [0.2, 0.25) is 0 Å². The van der Waals surface area contributed by atoms with E-state index in [-0.39, 0.29) is 12.8 Å². The second-order valence-corrected chi connectivity index (χ2v) is 9.23. The van der Waals surface area contributed by atoms with E-state index in [1.54, 1.807) is 36.5 Å². The number of carbonyl (C=O) groups excluding carboxylic acids is 3. The van der Waals surface area contributed by atoms with Crippen molar-refractivity contribution in [3.8, 4) is 0 Å². The van der Waals surface area contributed by atoms with Crippen LogP contribution < -0.4 is 21.7 Å². The molecule has 11 heteroatoms. The first-order valence-corrected chi connectivity index (χ1v) is 12.2. The summed E-state index contributed by atoms with van der Waals surface area (Å²) in [4.78, 5) is 53.8. The van der Waals surface area contributed by atoms with Gasteiger partial charge < -0.3 is 36.9 Å². The molecule has 2 aromatic carbocycles. The number of aliphatic hydroxyl groups is 1. The van der Waals surface area contributed by atoms with Gasteiger partial charge in [0.25, 0.3) is 0 Å². The number of carboxylic acids is 1. The number of carbonyl (C=O) groups is 4. The average Bonchev–Trinajstić information content (AvgIpc) is 3.29. The van der Waals surface area contributed by atoms with Crippen molar-refractivity contribution in [1.82, 2.24) is 20.9 Å². The highest BCUT2D eigenvalue weighted by atomic mass is 16.4. The third kappa shape index (κ3) is 7.40. The minimum Gasteiger partial charge on any atom is -0.480 e. The van der Waals surface area contributed by atoms with Crippen LogP contribution in [0.25, 0.3) is 10.9 Å². The van der Waals surface area contributed by atoms with Gasteiger partial charge in [-0.15, -0.1) is 0 Å².